The van der Waals surface area contributed by atoms with E-state index in [1.165, 1.54) is 0 Å². The summed E-state index contributed by atoms with van der Waals surface area (Å²) in [6.07, 6.45) is 0. The molecule has 0 atom stereocenters. The molecule has 0 fully saturated rings. The summed E-state index contributed by atoms with van der Waals surface area (Å²) < 4.78 is 6.38. The monoisotopic (exact) mass is 463 g/mol. The van der Waals surface area contributed by atoms with Crippen LogP contribution in [0.5, 0.6) is 5.75 Å². The summed E-state index contributed by atoms with van der Waals surface area (Å²) in [5, 5.41) is 8.22. The first kappa shape index (κ1) is 21.8. The molecule has 2 aromatic carbocycles. The normalized spacial score (nSPS) is 10.3. The Hall–Kier alpha value is -2.45. The lowest BCUT2D eigenvalue weighted by Crippen LogP contribution is -2.34. The van der Waals surface area contributed by atoms with Crippen LogP contribution in [0.1, 0.15) is 34.6 Å². The van der Waals surface area contributed by atoms with Crippen molar-refractivity contribution >= 4 is 50.8 Å². The van der Waals surface area contributed by atoms with Crippen molar-refractivity contribution in [2.24, 2.45) is 5.92 Å². The van der Waals surface area contributed by atoms with Gasteiger partial charge in [0.2, 0.25) is 0 Å². The predicted octanol–water partition coefficient (Wildman–Crippen LogP) is 3.97. The Morgan fingerprint density at radius 3 is 2.46 bits per heavy atom. The maximum Gasteiger partial charge on any atom is 0.257 e. The highest BCUT2D eigenvalue weighted by Gasteiger charge is 2.12. The van der Waals surface area contributed by atoms with Crippen molar-refractivity contribution in [3.8, 4) is 5.75 Å². The number of hydrogen-bond acceptors (Lipinski definition) is 4. The number of thiocarbonyl (C=S) groups is 1. The third-order valence-corrected chi connectivity index (χ3v) is 4.43. The van der Waals surface area contributed by atoms with E-state index in [4.69, 9.17) is 17.0 Å². The minimum absolute atomic E-state index is 0.135. The van der Waals surface area contributed by atoms with Crippen LogP contribution in [-0.4, -0.2) is 30.6 Å². The first-order valence-corrected chi connectivity index (χ1v) is 9.87. The van der Waals surface area contributed by atoms with Crippen molar-refractivity contribution in [3.05, 3.63) is 58.1 Å². The van der Waals surface area contributed by atoms with Crippen LogP contribution in [0.25, 0.3) is 0 Å². The highest BCUT2D eigenvalue weighted by Crippen LogP contribution is 2.26. The molecule has 0 bridgehead atoms. The van der Waals surface area contributed by atoms with E-state index in [0.717, 1.165) is 0 Å². The number of hydrogen-bond donors (Lipinski definition) is 3. The Morgan fingerprint density at radius 1 is 1.11 bits per heavy atom. The van der Waals surface area contributed by atoms with Gasteiger partial charge in [-0.05, 0) is 70.5 Å². The summed E-state index contributed by atoms with van der Waals surface area (Å²) in [6, 6.07) is 11.9. The predicted molar refractivity (Wildman–Crippen MR) is 118 cm³/mol. The molecule has 2 rings (SSSR count). The molecule has 0 heterocycles. The van der Waals surface area contributed by atoms with Crippen LogP contribution in [0.15, 0.2) is 46.9 Å². The third kappa shape index (κ3) is 6.31. The molecular weight excluding hydrogens is 442 g/mol. The molecule has 2 amide bonds. The van der Waals surface area contributed by atoms with Crippen molar-refractivity contribution in [2.45, 2.75) is 13.8 Å². The van der Waals surface area contributed by atoms with E-state index < -0.39 is 0 Å². The molecule has 0 spiro atoms. The van der Waals surface area contributed by atoms with Gasteiger partial charge in [0.1, 0.15) is 5.75 Å². The average molecular weight is 464 g/mol. The van der Waals surface area contributed by atoms with Crippen LogP contribution >= 0.6 is 28.1 Å². The Morgan fingerprint density at radius 2 is 1.82 bits per heavy atom. The summed E-state index contributed by atoms with van der Waals surface area (Å²) >= 11 is 8.62. The van der Waals surface area contributed by atoms with E-state index in [1.807, 2.05) is 0 Å². The summed E-state index contributed by atoms with van der Waals surface area (Å²) in [7, 11) is 1.56. The van der Waals surface area contributed by atoms with Gasteiger partial charge >= 0.3 is 0 Å². The lowest BCUT2D eigenvalue weighted by molar-refractivity contribution is 0.0959. The molecule has 2 aromatic rings. The number of carbonyl (C=O) groups is 2. The zero-order chi connectivity index (χ0) is 20.7. The summed E-state index contributed by atoms with van der Waals surface area (Å²) in [5.74, 6) is 0.525. The van der Waals surface area contributed by atoms with Crippen molar-refractivity contribution in [1.82, 2.24) is 10.6 Å². The maximum absolute atomic E-state index is 12.4. The van der Waals surface area contributed by atoms with Gasteiger partial charge in [0.15, 0.2) is 5.11 Å². The minimum Gasteiger partial charge on any atom is -0.492 e. The van der Waals surface area contributed by atoms with Crippen LogP contribution in [0, 0.1) is 5.92 Å². The standard InChI is InChI=1S/C20H22BrN3O3S/c1-12(2)11-27-17-8-7-14(10-16(17)21)19(26)24-20(28)23-15-6-4-5-13(9-15)18(25)22-3/h4-10,12H,11H2,1-3H3,(H,22,25)(H2,23,24,26,28). The van der Waals surface area contributed by atoms with Crippen molar-refractivity contribution in [1.29, 1.82) is 0 Å². The second-order valence-electron chi connectivity index (χ2n) is 6.42. The zero-order valence-corrected chi connectivity index (χ0v) is 18.2. The summed E-state index contributed by atoms with van der Waals surface area (Å²) in [4.78, 5) is 24.1. The van der Waals surface area contributed by atoms with Gasteiger partial charge in [-0.1, -0.05) is 19.9 Å². The van der Waals surface area contributed by atoms with Crippen molar-refractivity contribution in [3.63, 3.8) is 0 Å². The molecule has 0 radical (unpaired) electrons. The van der Waals surface area contributed by atoms with Gasteiger partial charge in [-0.3, -0.25) is 14.9 Å². The molecule has 148 valence electrons. The minimum atomic E-state index is -0.351. The van der Waals surface area contributed by atoms with E-state index in [0.29, 0.717) is 39.6 Å². The Bertz CT molecular complexity index is 887. The zero-order valence-electron chi connectivity index (χ0n) is 15.8. The maximum atomic E-state index is 12.4. The lowest BCUT2D eigenvalue weighted by Gasteiger charge is -2.13. The number of anilines is 1. The Kier molecular flexibility index (Phi) is 7.95. The molecular formula is C20H22BrN3O3S. The molecule has 0 unspecified atom stereocenters. The van der Waals surface area contributed by atoms with Gasteiger partial charge in [-0.15, -0.1) is 0 Å². The van der Waals surface area contributed by atoms with Gasteiger partial charge < -0.3 is 15.4 Å². The van der Waals surface area contributed by atoms with Gasteiger partial charge in [0.25, 0.3) is 11.8 Å². The fourth-order valence-corrected chi connectivity index (χ4v) is 2.94. The molecule has 0 saturated heterocycles. The number of amides is 2. The molecule has 6 nitrogen and oxygen atoms in total. The molecule has 0 saturated carbocycles. The number of ether oxygens (including phenoxy) is 1. The summed E-state index contributed by atoms with van der Waals surface area (Å²) in [6.45, 7) is 4.72. The molecule has 28 heavy (non-hydrogen) atoms. The third-order valence-electron chi connectivity index (χ3n) is 3.60. The fraction of sp³-hybridized carbons (Fsp3) is 0.250. The second kappa shape index (κ2) is 10.2. The quantitative estimate of drug-likeness (QED) is 0.564. The molecule has 0 aliphatic rings. The number of benzene rings is 2. The van der Waals surface area contributed by atoms with Gasteiger partial charge in [0.05, 0.1) is 11.1 Å². The van der Waals surface area contributed by atoms with E-state index >= 15 is 0 Å². The highest BCUT2D eigenvalue weighted by atomic mass is 79.9. The highest BCUT2D eigenvalue weighted by molar-refractivity contribution is 9.10. The summed E-state index contributed by atoms with van der Waals surface area (Å²) in [5.41, 5.74) is 1.53. The van der Waals surface area contributed by atoms with Crippen LogP contribution in [0.4, 0.5) is 5.69 Å². The number of carbonyl (C=O) groups excluding carboxylic acids is 2. The largest absolute Gasteiger partial charge is 0.492 e. The van der Waals surface area contributed by atoms with Crippen LogP contribution < -0.4 is 20.7 Å². The molecule has 8 heteroatoms. The van der Waals surface area contributed by atoms with Crippen LogP contribution in [-0.2, 0) is 0 Å². The van der Waals surface area contributed by atoms with Crippen LogP contribution in [0.3, 0.4) is 0 Å². The lowest BCUT2D eigenvalue weighted by atomic mass is 10.2. The number of rotatable bonds is 6. The second-order valence-corrected chi connectivity index (χ2v) is 7.68. The van der Waals surface area contributed by atoms with Crippen molar-refractivity contribution < 1.29 is 14.3 Å². The van der Waals surface area contributed by atoms with E-state index in [-0.39, 0.29) is 16.9 Å². The van der Waals surface area contributed by atoms with Crippen molar-refractivity contribution in [2.75, 3.05) is 19.0 Å². The smallest absolute Gasteiger partial charge is 0.257 e. The molecule has 0 aromatic heterocycles. The average Bonchev–Trinajstić information content (AvgIpc) is 2.66. The fourth-order valence-electron chi connectivity index (χ4n) is 2.24. The van der Waals surface area contributed by atoms with E-state index in [9.17, 15) is 9.59 Å². The SMILES string of the molecule is CNC(=O)c1cccc(NC(=S)NC(=O)c2ccc(OCC(C)C)c(Br)c2)c1. The van der Waals surface area contributed by atoms with Gasteiger partial charge in [0, 0.05) is 23.9 Å². The van der Waals surface area contributed by atoms with Gasteiger partial charge in [-0.2, -0.15) is 0 Å². The Labute approximate surface area is 178 Å². The van der Waals surface area contributed by atoms with Gasteiger partial charge in [-0.25, -0.2) is 0 Å². The molecule has 0 aliphatic carbocycles. The first-order chi connectivity index (χ1) is 13.3. The van der Waals surface area contributed by atoms with E-state index in [2.05, 4.69) is 45.7 Å². The topological polar surface area (TPSA) is 79.5 Å². The Balaban J connectivity index is 2.00. The number of nitrogens with one attached hydrogen (secondary N) is 3. The molecule has 0 aliphatic heterocycles. The van der Waals surface area contributed by atoms with Crippen LogP contribution in [0.2, 0.25) is 0 Å². The first-order valence-electron chi connectivity index (χ1n) is 8.67. The van der Waals surface area contributed by atoms with E-state index in [1.54, 1.807) is 49.5 Å². The number of halogens is 1. The molecule has 3 N–H and O–H groups in total.